The largest absolute Gasteiger partial charge is 0.465 e. The topological polar surface area (TPSA) is 47.6 Å². The molecule has 92 valence electrons. The Bertz CT molecular complexity index is 369. The Morgan fingerprint density at radius 2 is 2.24 bits per heavy atom. The number of carbonyl (C=O) groups excluding carboxylic acids is 1. The van der Waals surface area contributed by atoms with E-state index in [1.54, 1.807) is 12.1 Å². The van der Waals surface area contributed by atoms with Crippen LogP contribution in [0.5, 0.6) is 0 Å². The molecule has 2 rings (SSSR count). The third kappa shape index (κ3) is 3.28. The van der Waals surface area contributed by atoms with E-state index < -0.39 is 0 Å². The van der Waals surface area contributed by atoms with Gasteiger partial charge in [-0.1, -0.05) is 12.1 Å². The van der Waals surface area contributed by atoms with E-state index in [4.69, 9.17) is 4.74 Å². The van der Waals surface area contributed by atoms with Crippen LogP contribution in [0, 0.1) is 0 Å². The number of carbonyl (C=O) groups is 1. The highest BCUT2D eigenvalue weighted by atomic mass is 16.5. The van der Waals surface area contributed by atoms with E-state index in [0.717, 1.165) is 26.1 Å². The van der Waals surface area contributed by atoms with Crippen LogP contribution >= 0.6 is 0 Å². The molecule has 4 heteroatoms. The van der Waals surface area contributed by atoms with Crippen molar-refractivity contribution in [1.82, 2.24) is 5.32 Å². The minimum Gasteiger partial charge on any atom is -0.465 e. The van der Waals surface area contributed by atoms with E-state index in [-0.39, 0.29) is 12.1 Å². The van der Waals surface area contributed by atoms with Gasteiger partial charge in [0.15, 0.2) is 0 Å². The van der Waals surface area contributed by atoms with Crippen molar-refractivity contribution in [2.45, 2.75) is 12.5 Å². The summed E-state index contributed by atoms with van der Waals surface area (Å²) in [6, 6.07) is 7.48. The number of ether oxygens (including phenoxy) is 2. The Morgan fingerprint density at radius 3 is 2.82 bits per heavy atom. The Hall–Kier alpha value is -1.39. The van der Waals surface area contributed by atoms with Crippen LogP contribution in [0.4, 0.5) is 0 Å². The quantitative estimate of drug-likeness (QED) is 0.794. The van der Waals surface area contributed by atoms with Gasteiger partial charge in [-0.25, -0.2) is 4.79 Å². The van der Waals surface area contributed by atoms with Crippen LogP contribution in [0.2, 0.25) is 0 Å². The summed E-state index contributed by atoms with van der Waals surface area (Å²) in [7, 11) is 1.39. The van der Waals surface area contributed by atoms with Crippen molar-refractivity contribution in [3.8, 4) is 0 Å². The van der Waals surface area contributed by atoms with Crippen molar-refractivity contribution in [3.05, 3.63) is 35.4 Å². The fraction of sp³-hybridized carbons (Fsp3) is 0.462. The molecule has 1 heterocycles. The second-order valence-electron chi connectivity index (χ2n) is 4.09. The average Bonchev–Trinajstić information content (AvgIpc) is 2.40. The summed E-state index contributed by atoms with van der Waals surface area (Å²) >= 11 is 0. The van der Waals surface area contributed by atoms with E-state index in [1.165, 1.54) is 12.7 Å². The van der Waals surface area contributed by atoms with E-state index in [9.17, 15) is 4.79 Å². The SMILES string of the molecule is COC(=O)c1ccc(CC2CNCCO2)cc1. The molecule has 0 radical (unpaired) electrons. The molecule has 0 aromatic heterocycles. The molecule has 0 saturated carbocycles. The maximum Gasteiger partial charge on any atom is 0.337 e. The number of hydrogen-bond acceptors (Lipinski definition) is 4. The molecule has 1 aromatic rings. The standard InChI is InChI=1S/C13H17NO3/c1-16-13(15)11-4-2-10(3-5-11)8-12-9-14-6-7-17-12/h2-5,12,14H,6-9H2,1H3. The number of nitrogens with one attached hydrogen (secondary N) is 1. The molecule has 1 aromatic carbocycles. The second-order valence-corrected chi connectivity index (χ2v) is 4.09. The third-order valence-corrected chi connectivity index (χ3v) is 2.84. The summed E-state index contributed by atoms with van der Waals surface area (Å²) in [6.07, 6.45) is 1.10. The van der Waals surface area contributed by atoms with Gasteiger partial charge in [-0.3, -0.25) is 0 Å². The molecule has 0 spiro atoms. The van der Waals surface area contributed by atoms with Gasteiger partial charge in [0.1, 0.15) is 0 Å². The van der Waals surface area contributed by atoms with Crippen LogP contribution in [-0.4, -0.2) is 38.9 Å². The van der Waals surface area contributed by atoms with Gasteiger partial charge < -0.3 is 14.8 Å². The molecule has 1 N–H and O–H groups in total. The van der Waals surface area contributed by atoms with Crippen molar-refractivity contribution < 1.29 is 14.3 Å². The molecular weight excluding hydrogens is 218 g/mol. The molecule has 1 fully saturated rings. The lowest BCUT2D eigenvalue weighted by Crippen LogP contribution is -2.39. The summed E-state index contributed by atoms with van der Waals surface area (Å²) in [5.74, 6) is -0.299. The number of hydrogen-bond donors (Lipinski definition) is 1. The third-order valence-electron chi connectivity index (χ3n) is 2.84. The van der Waals surface area contributed by atoms with E-state index in [0.29, 0.717) is 5.56 Å². The lowest BCUT2D eigenvalue weighted by molar-refractivity contribution is 0.0292. The zero-order valence-electron chi connectivity index (χ0n) is 9.94. The number of methoxy groups -OCH3 is 1. The lowest BCUT2D eigenvalue weighted by Gasteiger charge is -2.23. The first-order valence-electron chi connectivity index (χ1n) is 5.79. The maximum absolute atomic E-state index is 11.3. The van der Waals surface area contributed by atoms with Crippen LogP contribution in [-0.2, 0) is 15.9 Å². The number of morpholine rings is 1. The van der Waals surface area contributed by atoms with Gasteiger partial charge in [0.2, 0.25) is 0 Å². The molecule has 0 bridgehead atoms. The Morgan fingerprint density at radius 1 is 1.47 bits per heavy atom. The number of rotatable bonds is 3. The van der Waals surface area contributed by atoms with Crippen molar-refractivity contribution in [2.75, 3.05) is 26.8 Å². The molecule has 17 heavy (non-hydrogen) atoms. The molecule has 4 nitrogen and oxygen atoms in total. The minimum absolute atomic E-state index is 0.229. The number of benzene rings is 1. The smallest absolute Gasteiger partial charge is 0.337 e. The summed E-state index contributed by atoms with van der Waals surface area (Å²) in [5.41, 5.74) is 1.75. The monoisotopic (exact) mass is 235 g/mol. The lowest BCUT2D eigenvalue weighted by atomic mass is 10.1. The highest BCUT2D eigenvalue weighted by molar-refractivity contribution is 5.89. The highest BCUT2D eigenvalue weighted by Crippen LogP contribution is 2.10. The van der Waals surface area contributed by atoms with Crippen molar-refractivity contribution in [3.63, 3.8) is 0 Å². The fourth-order valence-electron chi connectivity index (χ4n) is 1.91. The first kappa shape index (κ1) is 12.1. The average molecular weight is 235 g/mol. The van der Waals surface area contributed by atoms with Gasteiger partial charge in [0.25, 0.3) is 0 Å². The summed E-state index contributed by atoms with van der Waals surface area (Å²) < 4.78 is 10.3. The van der Waals surface area contributed by atoms with E-state index in [1.807, 2.05) is 12.1 Å². The predicted molar refractivity (Wildman–Crippen MR) is 64.1 cm³/mol. The van der Waals surface area contributed by atoms with Gasteiger partial charge in [-0.2, -0.15) is 0 Å². The first-order valence-corrected chi connectivity index (χ1v) is 5.79. The van der Waals surface area contributed by atoms with Crippen molar-refractivity contribution in [1.29, 1.82) is 0 Å². The molecule has 1 atom stereocenters. The van der Waals surface area contributed by atoms with Crippen LogP contribution in [0.1, 0.15) is 15.9 Å². The molecule has 1 unspecified atom stereocenters. The van der Waals surface area contributed by atoms with E-state index >= 15 is 0 Å². The molecule has 1 aliphatic rings. The van der Waals surface area contributed by atoms with Crippen LogP contribution in [0.3, 0.4) is 0 Å². The Balaban J connectivity index is 1.95. The zero-order valence-corrected chi connectivity index (χ0v) is 9.94. The Labute approximate surface area is 101 Å². The van der Waals surface area contributed by atoms with E-state index in [2.05, 4.69) is 10.1 Å². The van der Waals surface area contributed by atoms with Crippen molar-refractivity contribution >= 4 is 5.97 Å². The van der Waals surface area contributed by atoms with Crippen LogP contribution in [0.25, 0.3) is 0 Å². The highest BCUT2D eigenvalue weighted by Gasteiger charge is 2.14. The minimum atomic E-state index is -0.299. The summed E-state index contributed by atoms with van der Waals surface area (Å²) in [6.45, 7) is 2.58. The fourth-order valence-corrected chi connectivity index (χ4v) is 1.91. The van der Waals surface area contributed by atoms with Gasteiger partial charge in [0.05, 0.1) is 25.4 Å². The second kappa shape index (κ2) is 5.80. The Kier molecular flexibility index (Phi) is 4.12. The normalized spacial score (nSPS) is 19.9. The van der Waals surface area contributed by atoms with Gasteiger partial charge in [-0.15, -0.1) is 0 Å². The molecule has 1 saturated heterocycles. The van der Waals surface area contributed by atoms with Crippen molar-refractivity contribution in [2.24, 2.45) is 0 Å². The van der Waals surface area contributed by atoms with Gasteiger partial charge in [0, 0.05) is 13.1 Å². The molecule has 0 aliphatic carbocycles. The van der Waals surface area contributed by atoms with Crippen LogP contribution in [0.15, 0.2) is 24.3 Å². The number of esters is 1. The van der Waals surface area contributed by atoms with Gasteiger partial charge >= 0.3 is 5.97 Å². The molecule has 1 aliphatic heterocycles. The summed E-state index contributed by atoms with van der Waals surface area (Å²) in [5, 5.41) is 3.29. The first-order chi connectivity index (χ1) is 8.29. The zero-order chi connectivity index (χ0) is 12.1. The molecule has 0 amide bonds. The van der Waals surface area contributed by atoms with Gasteiger partial charge in [-0.05, 0) is 24.1 Å². The molecular formula is C13H17NO3. The summed E-state index contributed by atoms with van der Waals surface area (Å²) in [4.78, 5) is 11.3. The maximum atomic E-state index is 11.3. The van der Waals surface area contributed by atoms with Crippen LogP contribution < -0.4 is 5.32 Å². The predicted octanol–water partition coefficient (Wildman–Crippen LogP) is 1.00.